The van der Waals surface area contributed by atoms with Crippen molar-refractivity contribution >= 4 is 58.6 Å². The number of halogens is 3. The van der Waals surface area contributed by atoms with Crippen LogP contribution in [0.25, 0.3) is 0 Å². The van der Waals surface area contributed by atoms with Crippen LogP contribution >= 0.6 is 47.0 Å². The maximum atomic E-state index is 14.0. The van der Waals surface area contributed by atoms with Crippen molar-refractivity contribution in [3.05, 3.63) is 29.3 Å². The van der Waals surface area contributed by atoms with Crippen LogP contribution in [0.5, 0.6) is 0 Å². The zero-order valence-electron chi connectivity index (χ0n) is 18.6. The summed E-state index contributed by atoms with van der Waals surface area (Å²) in [6, 6.07) is 3.86. The average molecular weight is 512 g/mol. The molecule has 1 amide bonds. The van der Waals surface area contributed by atoms with Gasteiger partial charge in [-0.05, 0) is 66.9 Å². The van der Waals surface area contributed by atoms with Crippen LogP contribution in [0.4, 0.5) is 18.9 Å². The third-order valence-corrected chi connectivity index (χ3v) is 11.2. The summed E-state index contributed by atoms with van der Waals surface area (Å²) in [4.78, 5) is 15.8. The highest BCUT2D eigenvalue weighted by Gasteiger charge is 2.54. The predicted octanol–water partition coefficient (Wildman–Crippen LogP) is 8.06. The summed E-state index contributed by atoms with van der Waals surface area (Å²) in [6.45, 7) is 8.27. The smallest absolute Gasteiger partial charge is 0.288 e. The largest absolute Gasteiger partial charge is 0.416 e. The Hall–Kier alpha value is -0.120. The number of carbonyl (C=O) groups excluding carboxylic acids is 1. The van der Waals surface area contributed by atoms with Crippen LogP contribution in [-0.4, -0.2) is 33.6 Å². The number of alkyl halides is 3. The summed E-state index contributed by atoms with van der Waals surface area (Å²) in [7, 11) is 0. The Morgan fingerprint density at radius 3 is 1.87 bits per heavy atom. The maximum absolute atomic E-state index is 14.0. The molecule has 0 saturated carbocycles. The van der Waals surface area contributed by atoms with E-state index in [2.05, 4.69) is 13.8 Å². The van der Waals surface area contributed by atoms with Crippen molar-refractivity contribution in [2.24, 2.45) is 0 Å². The van der Waals surface area contributed by atoms with Gasteiger partial charge in [0.1, 0.15) is 4.71 Å². The first-order valence-electron chi connectivity index (χ1n) is 10.8. The van der Waals surface area contributed by atoms with Crippen LogP contribution in [0.2, 0.25) is 0 Å². The van der Waals surface area contributed by atoms with Crippen molar-refractivity contribution in [1.29, 1.82) is 0 Å². The van der Waals surface area contributed by atoms with Crippen LogP contribution < -0.4 is 4.90 Å². The van der Waals surface area contributed by atoms with E-state index in [1.165, 1.54) is 35.7 Å². The molecular weight excluding hydrogens is 480 g/mol. The molecule has 1 aromatic rings. The summed E-state index contributed by atoms with van der Waals surface area (Å²) in [5.41, 5.74) is 0.476. The molecule has 2 nitrogen and oxygen atoms in total. The third-order valence-electron chi connectivity index (χ3n) is 4.60. The standard InChI is InChI=1S/C22H32F3NOS4/c1-5-11-28-20(29-12-6-2)26-18-10-9-16(22(23,24)25)15-17(18)21(19(26)27,30-13-7-3)31-14-8-4/h9-10,15,20H,5-8,11-14H2,1-4H3. The van der Waals surface area contributed by atoms with Crippen LogP contribution in [0.1, 0.15) is 64.5 Å². The molecule has 0 aliphatic carbocycles. The van der Waals surface area contributed by atoms with E-state index in [0.29, 0.717) is 11.3 Å². The van der Waals surface area contributed by atoms with E-state index in [1.807, 2.05) is 13.8 Å². The lowest BCUT2D eigenvalue weighted by Gasteiger charge is -2.31. The molecule has 0 radical (unpaired) electrons. The molecule has 1 aromatic carbocycles. The zero-order chi connectivity index (χ0) is 23.1. The second-order valence-corrected chi connectivity index (χ2v) is 12.8. The van der Waals surface area contributed by atoms with Crippen LogP contribution in [0.3, 0.4) is 0 Å². The number of anilines is 1. The van der Waals surface area contributed by atoms with E-state index in [1.54, 1.807) is 28.4 Å². The molecule has 0 N–H and O–H groups in total. The molecule has 0 saturated heterocycles. The molecule has 1 aliphatic rings. The van der Waals surface area contributed by atoms with Gasteiger partial charge in [0.05, 0.1) is 11.3 Å². The summed E-state index contributed by atoms with van der Waals surface area (Å²) >= 11 is 6.42. The lowest BCUT2D eigenvalue weighted by molar-refractivity contribution is -0.137. The maximum Gasteiger partial charge on any atom is 0.416 e. The van der Waals surface area contributed by atoms with Crippen molar-refractivity contribution < 1.29 is 18.0 Å². The number of rotatable bonds is 13. The van der Waals surface area contributed by atoms with Gasteiger partial charge in [0, 0.05) is 5.56 Å². The van der Waals surface area contributed by atoms with Gasteiger partial charge in [-0.2, -0.15) is 13.2 Å². The second-order valence-electron chi connectivity index (χ2n) is 7.27. The lowest BCUT2D eigenvalue weighted by Crippen LogP contribution is -2.40. The van der Waals surface area contributed by atoms with Gasteiger partial charge in [-0.1, -0.05) is 27.7 Å². The van der Waals surface area contributed by atoms with Gasteiger partial charge in [-0.25, -0.2) is 0 Å². The Balaban J connectivity index is 2.63. The number of amides is 1. The summed E-state index contributed by atoms with van der Waals surface area (Å²) in [5, 5.41) is 0. The molecule has 0 bridgehead atoms. The van der Waals surface area contributed by atoms with Crippen LogP contribution in [0.15, 0.2) is 18.2 Å². The molecule has 0 atom stereocenters. The van der Waals surface area contributed by atoms with Crippen LogP contribution in [-0.2, 0) is 15.0 Å². The lowest BCUT2D eigenvalue weighted by atomic mass is 10.1. The van der Waals surface area contributed by atoms with Gasteiger partial charge in [0.25, 0.3) is 5.91 Å². The topological polar surface area (TPSA) is 20.3 Å². The molecular formula is C22H32F3NOS4. The highest BCUT2D eigenvalue weighted by atomic mass is 32.2. The zero-order valence-corrected chi connectivity index (χ0v) is 21.9. The minimum atomic E-state index is -4.44. The Bertz CT molecular complexity index is 713. The van der Waals surface area contributed by atoms with E-state index in [9.17, 15) is 18.0 Å². The Kier molecular flexibility index (Phi) is 10.8. The second kappa shape index (κ2) is 12.4. The highest BCUT2D eigenvalue weighted by molar-refractivity contribution is 8.19. The van der Waals surface area contributed by atoms with E-state index in [4.69, 9.17) is 0 Å². The Morgan fingerprint density at radius 2 is 1.42 bits per heavy atom. The van der Waals surface area contributed by atoms with Gasteiger partial charge >= 0.3 is 6.18 Å². The molecule has 31 heavy (non-hydrogen) atoms. The molecule has 1 heterocycles. The van der Waals surface area contributed by atoms with Gasteiger partial charge in [0.2, 0.25) is 0 Å². The van der Waals surface area contributed by atoms with E-state index in [-0.39, 0.29) is 10.6 Å². The molecule has 1 aliphatic heterocycles. The number of benzene rings is 1. The quantitative estimate of drug-likeness (QED) is 0.249. The summed E-state index contributed by atoms with van der Waals surface area (Å²) < 4.78 is 39.6. The van der Waals surface area contributed by atoms with Gasteiger partial charge in [-0.15, -0.1) is 47.0 Å². The molecule has 176 valence electrons. The number of thioether (sulfide) groups is 4. The third kappa shape index (κ3) is 6.27. The SMILES string of the molecule is CCCSC(SCCC)N1C(=O)C(SCCC)(SCCC)c2cc(C(F)(F)F)ccc21. The number of hydrogen-bond acceptors (Lipinski definition) is 5. The average Bonchev–Trinajstić information content (AvgIpc) is 2.98. The minimum Gasteiger partial charge on any atom is -0.288 e. The van der Waals surface area contributed by atoms with Gasteiger partial charge < -0.3 is 0 Å². The van der Waals surface area contributed by atoms with Gasteiger partial charge in [0.15, 0.2) is 4.08 Å². The van der Waals surface area contributed by atoms with E-state index < -0.39 is 15.8 Å². The van der Waals surface area contributed by atoms with Crippen molar-refractivity contribution in [2.75, 3.05) is 27.9 Å². The monoisotopic (exact) mass is 511 g/mol. The fraction of sp³-hybridized carbons (Fsp3) is 0.682. The van der Waals surface area contributed by atoms with Crippen molar-refractivity contribution in [3.63, 3.8) is 0 Å². The van der Waals surface area contributed by atoms with Crippen LogP contribution in [0, 0.1) is 0 Å². The molecule has 2 rings (SSSR count). The predicted molar refractivity (Wildman–Crippen MR) is 135 cm³/mol. The fourth-order valence-electron chi connectivity index (χ4n) is 3.23. The Labute approximate surface area is 201 Å². The number of carbonyl (C=O) groups is 1. The van der Waals surface area contributed by atoms with E-state index >= 15 is 0 Å². The van der Waals surface area contributed by atoms with Gasteiger partial charge in [-0.3, -0.25) is 9.69 Å². The molecule has 0 unspecified atom stereocenters. The Morgan fingerprint density at radius 1 is 0.903 bits per heavy atom. The minimum absolute atomic E-state index is 0.0732. The van der Waals surface area contributed by atoms with Crippen molar-refractivity contribution in [1.82, 2.24) is 0 Å². The molecule has 0 spiro atoms. The first-order chi connectivity index (χ1) is 14.8. The number of nitrogens with zero attached hydrogens (tertiary/aromatic N) is 1. The van der Waals surface area contributed by atoms with E-state index in [0.717, 1.165) is 54.8 Å². The van der Waals surface area contributed by atoms with Crippen molar-refractivity contribution in [3.8, 4) is 0 Å². The number of fused-ring (bicyclic) bond motifs is 1. The summed E-state index contributed by atoms with van der Waals surface area (Å²) in [6.07, 6.45) is -0.750. The number of hydrogen-bond donors (Lipinski definition) is 0. The normalized spacial score (nSPS) is 15.7. The molecule has 0 fully saturated rings. The molecule has 0 aromatic heterocycles. The summed E-state index contributed by atoms with van der Waals surface area (Å²) in [5.74, 6) is 3.18. The van der Waals surface area contributed by atoms with Crippen molar-refractivity contribution in [2.45, 2.75) is 68.3 Å². The highest BCUT2D eigenvalue weighted by Crippen LogP contribution is 2.58. The first-order valence-corrected chi connectivity index (χ1v) is 14.9. The molecule has 9 heteroatoms. The fourth-order valence-corrected chi connectivity index (χ4v) is 8.68. The first kappa shape index (κ1) is 27.1.